The van der Waals surface area contributed by atoms with E-state index in [1.165, 1.54) is 6.07 Å². The Bertz CT molecular complexity index is 1150. The Kier molecular flexibility index (Phi) is 7.49. The molecule has 2 amide bonds. The van der Waals surface area contributed by atoms with E-state index >= 15 is 0 Å². The molecule has 5 nitrogen and oxygen atoms in total. The summed E-state index contributed by atoms with van der Waals surface area (Å²) in [7, 11) is 3.46. The molecular weight excluding hydrogens is 489 g/mol. The molecule has 0 bridgehead atoms. The fraction of sp³-hybridized carbons (Fsp3) is 0.533. The molecule has 198 valence electrons. The van der Waals surface area contributed by atoms with Crippen molar-refractivity contribution in [3.05, 3.63) is 64.4 Å². The van der Waals surface area contributed by atoms with E-state index < -0.39 is 5.41 Å². The molecular formula is C30H37ClFN3O2. The molecule has 2 aliphatic heterocycles. The van der Waals surface area contributed by atoms with Gasteiger partial charge >= 0.3 is 0 Å². The van der Waals surface area contributed by atoms with E-state index in [0.717, 1.165) is 82.4 Å². The molecule has 0 radical (unpaired) electrons. The van der Waals surface area contributed by atoms with Crippen molar-refractivity contribution in [2.24, 2.45) is 11.8 Å². The second-order valence-corrected chi connectivity index (χ2v) is 11.7. The number of hydrogen-bond donors (Lipinski definition) is 0. The van der Waals surface area contributed by atoms with Crippen LogP contribution in [0.5, 0.6) is 0 Å². The molecule has 1 aliphatic carbocycles. The van der Waals surface area contributed by atoms with Crippen LogP contribution in [0.4, 0.5) is 10.1 Å². The van der Waals surface area contributed by atoms with Gasteiger partial charge in [-0.1, -0.05) is 30.2 Å². The Morgan fingerprint density at radius 3 is 2.14 bits per heavy atom. The van der Waals surface area contributed by atoms with Gasteiger partial charge in [-0.15, -0.1) is 0 Å². The zero-order chi connectivity index (χ0) is 26.2. The van der Waals surface area contributed by atoms with Crippen molar-refractivity contribution in [3.63, 3.8) is 0 Å². The second kappa shape index (κ2) is 10.6. The highest BCUT2D eigenvalue weighted by atomic mass is 35.5. The normalized spacial score (nSPS) is 20.4. The van der Waals surface area contributed by atoms with Gasteiger partial charge in [0.05, 0.1) is 16.0 Å². The number of carbonyl (C=O) groups excluding carboxylic acids is 2. The molecule has 0 N–H and O–H groups in total. The maximum atomic E-state index is 13.9. The predicted octanol–water partition coefficient (Wildman–Crippen LogP) is 5.76. The summed E-state index contributed by atoms with van der Waals surface area (Å²) in [5.41, 5.74) is 1.93. The third kappa shape index (κ3) is 5.09. The van der Waals surface area contributed by atoms with Crippen LogP contribution in [0.3, 0.4) is 0 Å². The zero-order valence-corrected chi connectivity index (χ0v) is 22.6. The van der Waals surface area contributed by atoms with Crippen molar-refractivity contribution >= 4 is 29.1 Å². The monoisotopic (exact) mass is 525 g/mol. The van der Waals surface area contributed by atoms with Gasteiger partial charge in [0.15, 0.2) is 0 Å². The van der Waals surface area contributed by atoms with Gasteiger partial charge in [-0.05, 0) is 86.3 Å². The molecule has 5 rings (SSSR count). The highest BCUT2D eigenvalue weighted by molar-refractivity contribution is 6.34. The molecule has 1 saturated carbocycles. The molecule has 0 atom stereocenters. The van der Waals surface area contributed by atoms with Gasteiger partial charge in [-0.3, -0.25) is 9.59 Å². The zero-order valence-electron chi connectivity index (χ0n) is 21.9. The van der Waals surface area contributed by atoms with E-state index in [9.17, 15) is 14.0 Å². The van der Waals surface area contributed by atoms with Crippen LogP contribution in [-0.4, -0.2) is 61.9 Å². The lowest BCUT2D eigenvalue weighted by Crippen LogP contribution is -2.53. The standard InChI is InChI=1S/C30H37ClFN3O2/c1-33(2)28(36)26-8-7-25(20-27(26)31)34-15-9-21(10-16-34)22-11-17-35(18-12-22)29(37)30(13-4-14-30)23-5-3-6-24(32)19-23/h3,5-8,19-22H,4,9-18H2,1-2H3. The first kappa shape index (κ1) is 26.0. The first-order valence-electron chi connectivity index (χ1n) is 13.6. The van der Waals surface area contributed by atoms with Crippen molar-refractivity contribution in [1.29, 1.82) is 0 Å². The third-order valence-corrected chi connectivity index (χ3v) is 9.29. The Balaban J connectivity index is 1.15. The van der Waals surface area contributed by atoms with Gasteiger partial charge in [-0.25, -0.2) is 4.39 Å². The Hall–Kier alpha value is -2.60. The van der Waals surface area contributed by atoms with Crippen molar-refractivity contribution in [1.82, 2.24) is 9.80 Å². The molecule has 2 saturated heterocycles. The molecule has 3 aliphatic rings. The SMILES string of the molecule is CN(C)C(=O)c1ccc(N2CCC(C3CCN(C(=O)C4(c5cccc(F)c5)CCC4)CC3)CC2)cc1Cl. The number of amides is 2. The average molecular weight is 526 g/mol. The summed E-state index contributed by atoms with van der Waals surface area (Å²) >= 11 is 6.45. The number of anilines is 1. The Labute approximate surface area is 224 Å². The van der Waals surface area contributed by atoms with Gasteiger partial charge in [0, 0.05) is 46.0 Å². The average Bonchev–Trinajstić information content (AvgIpc) is 2.88. The summed E-state index contributed by atoms with van der Waals surface area (Å²) in [5, 5.41) is 0.498. The van der Waals surface area contributed by atoms with E-state index in [0.29, 0.717) is 22.4 Å². The van der Waals surface area contributed by atoms with Crippen LogP contribution < -0.4 is 4.90 Å². The third-order valence-electron chi connectivity index (χ3n) is 8.98. The first-order valence-corrected chi connectivity index (χ1v) is 14.0. The summed E-state index contributed by atoms with van der Waals surface area (Å²) < 4.78 is 13.9. The van der Waals surface area contributed by atoms with E-state index in [4.69, 9.17) is 11.6 Å². The number of rotatable bonds is 5. The summed E-state index contributed by atoms with van der Waals surface area (Å²) in [5.74, 6) is 1.16. The van der Waals surface area contributed by atoms with E-state index in [1.54, 1.807) is 31.1 Å². The van der Waals surface area contributed by atoms with Crippen molar-refractivity contribution < 1.29 is 14.0 Å². The van der Waals surface area contributed by atoms with Crippen molar-refractivity contribution in [2.45, 2.75) is 50.4 Å². The fourth-order valence-electron chi connectivity index (χ4n) is 6.56. The van der Waals surface area contributed by atoms with Crippen LogP contribution in [0.2, 0.25) is 5.02 Å². The van der Waals surface area contributed by atoms with Crippen LogP contribution >= 0.6 is 11.6 Å². The fourth-order valence-corrected chi connectivity index (χ4v) is 6.82. The molecule has 2 aromatic carbocycles. The molecule has 7 heteroatoms. The quantitative estimate of drug-likeness (QED) is 0.498. The maximum absolute atomic E-state index is 13.9. The van der Waals surface area contributed by atoms with Gasteiger partial charge in [-0.2, -0.15) is 0 Å². The van der Waals surface area contributed by atoms with Gasteiger partial charge in [0.2, 0.25) is 5.91 Å². The molecule has 2 aromatic rings. The number of hydrogen-bond acceptors (Lipinski definition) is 3. The van der Waals surface area contributed by atoms with E-state index in [1.807, 2.05) is 29.2 Å². The molecule has 0 spiro atoms. The minimum Gasteiger partial charge on any atom is -0.371 e. The van der Waals surface area contributed by atoms with Crippen molar-refractivity contribution in [2.75, 3.05) is 45.2 Å². The highest BCUT2D eigenvalue weighted by Gasteiger charge is 2.48. The lowest BCUT2D eigenvalue weighted by molar-refractivity contribution is -0.142. The lowest BCUT2D eigenvalue weighted by atomic mass is 9.63. The lowest BCUT2D eigenvalue weighted by Gasteiger charge is -2.47. The number of halogens is 2. The first-order chi connectivity index (χ1) is 17.8. The van der Waals surface area contributed by atoms with Crippen LogP contribution in [0.15, 0.2) is 42.5 Å². The van der Waals surface area contributed by atoms with Crippen LogP contribution in [0, 0.1) is 17.7 Å². The number of carbonyl (C=O) groups is 2. The smallest absolute Gasteiger partial charge is 0.254 e. The molecule has 3 fully saturated rings. The second-order valence-electron chi connectivity index (χ2n) is 11.3. The van der Waals surface area contributed by atoms with Crippen LogP contribution in [0.25, 0.3) is 0 Å². The number of nitrogens with zero attached hydrogens (tertiary/aromatic N) is 3. The largest absolute Gasteiger partial charge is 0.371 e. The number of piperidine rings is 2. The topological polar surface area (TPSA) is 43.9 Å². The Morgan fingerprint density at radius 1 is 0.946 bits per heavy atom. The molecule has 2 heterocycles. The van der Waals surface area contributed by atoms with Crippen LogP contribution in [-0.2, 0) is 10.2 Å². The molecule has 0 unspecified atom stereocenters. The molecule has 0 aromatic heterocycles. The van der Waals surface area contributed by atoms with E-state index in [2.05, 4.69) is 4.90 Å². The van der Waals surface area contributed by atoms with Gasteiger partial charge in [0.25, 0.3) is 5.91 Å². The minimum absolute atomic E-state index is 0.0840. The maximum Gasteiger partial charge on any atom is 0.254 e. The summed E-state index contributed by atoms with van der Waals surface area (Å²) in [6.07, 6.45) is 7.01. The summed E-state index contributed by atoms with van der Waals surface area (Å²) in [4.78, 5) is 31.8. The minimum atomic E-state index is -0.520. The van der Waals surface area contributed by atoms with E-state index in [-0.39, 0.29) is 17.6 Å². The number of benzene rings is 2. The number of likely N-dealkylation sites (tertiary alicyclic amines) is 1. The van der Waals surface area contributed by atoms with Gasteiger partial charge < -0.3 is 14.7 Å². The van der Waals surface area contributed by atoms with Gasteiger partial charge in [0.1, 0.15) is 5.82 Å². The summed E-state index contributed by atoms with van der Waals surface area (Å²) in [6, 6.07) is 12.4. The summed E-state index contributed by atoms with van der Waals surface area (Å²) in [6.45, 7) is 3.56. The highest BCUT2D eigenvalue weighted by Crippen LogP contribution is 2.46. The van der Waals surface area contributed by atoms with Crippen LogP contribution in [0.1, 0.15) is 60.9 Å². The Morgan fingerprint density at radius 2 is 1.59 bits per heavy atom. The predicted molar refractivity (Wildman–Crippen MR) is 146 cm³/mol. The molecule has 37 heavy (non-hydrogen) atoms. The van der Waals surface area contributed by atoms with Crippen molar-refractivity contribution in [3.8, 4) is 0 Å².